The van der Waals surface area contributed by atoms with Crippen molar-refractivity contribution in [3.63, 3.8) is 0 Å². The number of thiophene rings is 1. The van der Waals surface area contributed by atoms with Crippen molar-refractivity contribution in [2.24, 2.45) is 0 Å². The van der Waals surface area contributed by atoms with Crippen molar-refractivity contribution in [1.82, 2.24) is 4.90 Å². The Balaban J connectivity index is 1.66. The van der Waals surface area contributed by atoms with Gasteiger partial charge in [0.15, 0.2) is 0 Å². The van der Waals surface area contributed by atoms with Gasteiger partial charge in [-0.3, -0.25) is 14.5 Å². The van der Waals surface area contributed by atoms with Gasteiger partial charge in [0.25, 0.3) is 11.8 Å². The van der Waals surface area contributed by atoms with Gasteiger partial charge in [0.05, 0.1) is 17.7 Å². The molecule has 1 aromatic heterocycles. The molecule has 3 aromatic rings. The molecular weight excluding hydrogens is 326 g/mol. The molecule has 0 radical (unpaired) electrons. The second kappa shape index (κ2) is 5.28. The highest BCUT2D eigenvalue weighted by molar-refractivity contribution is 7.20. The molecule has 0 saturated carbocycles. The zero-order valence-electron chi connectivity index (χ0n) is 12.4. The van der Waals surface area contributed by atoms with Gasteiger partial charge in [0, 0.05) is 4.70 Å². The maximum absolute atomic E-state index is 12.4. The number of hydrogen-bond acceptors (Lipinski definition) is 4. The average Bonchev–Trinajstić information content (AvgIpc) is 3.10. The number of hydrogen-bond donors (Lipinski definition) is 1. The monoisotopic (exact) mass is 337 g/mol. The summed E-state index contributed by atoms with van der Waals surface area (Å²) in [4.78, 5) is 37.3. The molecule has 1 N–H and O–H groups in total. The summed E-state index contributed by atoms with van der Waals surface area (Å²) in [5, 5.41) is 9.87. The highest BCUT2D eigenvalue weighted by atomic mass is 32.1. The van der Waals surface area contributed by atoms with Crippen molar-refractivity contribution < 1.29 is 19.5 Å². The summed E-state index contributed by atoms with van der Waals surface area (Å²) in [7, 11) is 0. The predicted molar refractivity (Wildman–Crippen MR) is 89.4 cm³/mol. The average molecular weight is 337 g/mol. The van der Waals surface area contributed by atoms with Gasteiger partial charge in [-0.05, 0) is 41.3 Å². The van der Waals surface area contributed by atoms with Gasteiger partial charge in [-0.25, -0.2) is 4.79 Å². The maximum atomic E-state index is 12.4. The Hall–Kier alpha value is -2.99. The summed E-state index contributed by atoms with van der Waals surface area (Å²) in [5.74, 6) is -1.56. The van der Waals surface area contributed by atoms with E-state index in [9.17, 15) is 14.4 Å². The molecule has 0 atom stereocenters. The minimum Gasteiger partial charge on any atom is -0.477 e. The van der Waals surface area contributed by atoms with E-state index in [0.29, 0.717) is 11.1 Å². The molecule has 5 nitrogen and oxygen atoms in total. The van der Waals surface area contributed by atoms with E-state index < -0.39 is 5.97 Å². The smallest absolute Gasteiger partial charge is 0.345 e. The van der Waals surface area contributed by atoms with Crippen LogP contribution in [0.5, 0.6) is 0 Å². The molecule has 0 spiro atoms. The summed E-state index contributed by atoms with van der Waals surface area (Å²) >= 11 is 1.20. The molecule has 0 unspecified atom stereocenters. The van der Waals surface area contributed by atoms with Crippen molar-refractivity contribution in [3.05, 3.63) is 70.1 Å². The lowest BCUT2D eigenvalue weighted by atomic mass is 10.1. The van der Waals surface area contributed by atoms with Crippen molar-refractivity contribution in [3.8, 4) is 0 Å². The fourth-order valence-corrected chi connectivity index (χ4v) is 3.74. The minimum absolute atomic E-state index is 0.167. The van der Waals surface area contributed by atoms with E-state index in [1.807, 2.05) is 18.2 Å². The van der Waals surface area contributed by atoms with Crippen LogP contribution in [0.15, 0.2) is 48.5 Å². The van der Waals surface area contributed by atoms with Crippen LogP contribution in [0.3, 0.4) is 0 Å². The molecule has 0 saturated heterocycles. The molecule has 0 fully saturated rings. The summed E-state index contributed by atoms with van der Waals surface area (Å²) < 4.78 is 0.860. The number of carboxylic acid groups (broad SMARTS) is 1. The van der Waals surface area contributed by atoms with Crippen LogP contribution in [0.2, 0.25) is 0 Å². The van der Waals surface area contributed by atoms with Crippen LogP contribution in [0.4, 0.5) is 0 Å². The third-order valence-electron chi connectivity index (χ3n) is 4.01. The van der Waals surface area contributed by atoms with Crippen molar-refractivity contribution in [2.45, 2.75) is 6.54 Å². The fraction of sp³-hybridized carbons (Fsp3) is 0.0556. The molecule has 0 bridgehead atoms. The van der Waals surface area contributed by atoms with E-state index in [1.54, 1.807) is 30.3 Å². The highest BCUT2D eigenvalue weighted by Crippen LogP contribution is 2.29. The number of aromatic carboxylic acids is 1. The van der Waals surface area contributed by atoms with E-state index in [2.05, 4.69) is 0 Å². The second-order valence-corrected chi connectivity index (χ2v) is 6.61. The van der Waals surface area contributed by atoms with E-state index >= 15 is 0 Å². The number of fused-ring (bicyclic) bond motifs is 2. The van der Waals surface area contributed by atoms with Gasteiger partial charge in [0.1, 0.15) is 4.88 Å². The molecule has 2 aromatic carbocycles. The number of carbonyl (C=O) groups excluding carboxylic acids is 2. The van der Waals surface area contributed by atoms with E-state index in [1.165, 1.54) is 16.2 Å². The Bertz CT molecular complexity index is 986. The molecule has 2 heterocycles. The number of imide groups is 1. The first kappa shape index (κ1) is 14.6. The van der Waals surface area contributed by atoms with Gasteiger partial charge in [0.2, 0.25) is 0 Å². The van der Waals surface area contributed by atoms with Crippen LogP contribution in [0.25, 0.3) is 10.1 Å². The highest BCUT2D eigenvalue weighted by Gasteiger charge is 2.34. The summed E-state index contributed by atoms with van der Waals surface area (Å²) in [5.41, 5.74) is 1.63. The topological polar surface area (TPSA) is 74.7 Å². The quantitative estimate of drug-likeness (QED) is 0.743. The van der Waals surface area contributed by atoms with E-state index in [-0.39, 0.29) is 23.2 Å². The Morgan fingerprint density at radius 3 is 2.29 bits per heavy atom. The van der Waals surface area contributed by atoms with Crippen molar-refractivity contribution >= 4 is 39.2 Å². The zero-order chi connectivity index (χ0) is 16.8. The van der Waals surface area contributed by atoms with Crippen molar-refractivity contribution in [2.75, 3.05) is 0 Å². The van der Waals surface area contributed by atoms with Crippen LogP contribution in [-0.2, 0) is 6.54 Å². The summed E-state index contributed by atoms with van der Waals surface area (Å²) in [6.45, 7) is 0.167. The maximum Gasteiger partial charge on any atom is 0.345 e. The first-order valence-corrected chi connectivity index (χ1v) is 8.07. The Morgan fingerprint density at radius 1 is 1.00 bits per heavy atom. The lowest BCUT2D eigenvalue weighted by Crippen LogP contribution is -2.29. The van der Waals surface area contributed by atoms with Crippen LogP contribution in [0.1, 0.15) is 36.0 Å². The third-order valence-corrected chi connectivity index (χ3v) is 5.11. The lowest BCUT2D eigenvalue weighted by Gasteiger charge is -2.13. The number of carbonyl (C=O) groups is 3. The Morgan fingerprint density at radius 2 is 1.67 bits per heavy atom. The predicted octanol–water partition coefficient (Wildman–Crippen LogP) is 3.40. The Labute approximate surface area is 140 Å². The van der Waals surface area contributed by atoms with Gasteiger partial charge in [-0.1, -0.05) is 18.2 Å². The third kappa shape index (κ3) is 2.19. The van der Waals surface area contributed by atoms with Gasteiger partial charge in [-0.15, -0.1) is 11.3 Å². The van der Waals surface area contributed by atoms with Gasteiger partial charge >= 0.3 is 5.97 Å². The number of amides is 2. The molecule has 1 aliphatic rings. The number of benzene rings is 2. The van der Waals surface area contributed by atoms with Gasteiger partial charge < -0.3 is 5.11 Å². The standard InChI is InChI=1S/C18H11NO4S/c20-16-12-3-1-2-4-13(12)17(21)19(16)9-10-5-6-14-11(7-10)8-15(24-14)18(22)23/h1-8H,9H2,(H,22,23). The largest absolute Gasteiger partial charge is 0.477 e. The molecule has 24 heavy (non-hydrogen) atoms. The van der Waals surface area contributed by atoms with E-state index in [0.717, 1.165) is 15.6 Å². The molecule has 1 aliphatic heterocycles. The van der Waals surface area contributed by atoms with Crippen LogP contribution < -0.4 is 0 Å². The Kier molecular flexibility index (Phi) is 3.21. The second-order valence-electron chi connectivity index (χ2n) is 5.53. The zero-order valence-corrected chi connectivity index (χ0v) is 13.2. The minimum atomic E-state index is -0.960. The van der Waals surface area contributed by atoms with E-state index in [4.69, 9.17) is 5.11 Å². The van der Waals surface area contributed by atoms with Crippen LogP contribution in [-0.4, -0.2) is 27.8 Å². The normalized spacial score (nSPS) is 13.6. The summed E-state index contributed by atoms with van der Waals surface area (Å²) in [6, 6.07) is 13.8. The molecule has 4 rings (SSSR count). The van der Waals surface area contributed by atoms with Gasteiger partial charge in [-0.2, -0.15) is 0 Å². The first-order chi connectivity index (χ1) is 11.5. The van der Waals surface area contributed by atoms with Crippen LogP contribution >= 0.6 is 11.3 Å². The molecule has 6 heteroatoms. The number of nitrogens with zero attached hydrogens (tertiary/aromatic N) is 1. The van der Waals surface area contributed by atoms with Crippen molar-refractivity contribution in [1.29, 1.82) is 0 Å². The first-order valence-electron chi connectivity index (χ1n) is 7.25. The SMILES string of the molecule is O=C(O)c1cc2cc(CN3C(=O)c4ccccc4C3=O)ccc2s1. The summed E-state index contributed by atoms with van der Waals surface area (Å²) in [6.07, 6.45) is 0. The molecule has 118 valence electrons. The molecular formula is C18H11NO4S. The fourth-order valence-electron chi connectivity index (χ4n) is 2.86. The molecule has 2 amide bonds. The van der Waals surface area contributed by atoms with Crippen LogP contribution in [0, 0.1) is 0 Å². The number of rotatable bonds is 3. The molecule has 0 aliphatic carbocycles. The number of carboxylic acids is 1. The lowest BCUT2D eigenvalue weighted by molar-refractivity contribution is 0.0640.